The molecule has 1 aliphatic heterocycles. The van der Waals surface area contributed by atoms with Gasteiger partial charge in [0.25, 0.3) is 5.69 Å². The van der Waals surface area contributed by atoms with Crippen LogP contribution in [0.4, 0.5) is 5.69 Å². The number of nitrogens with zero attached hydrogens (tertiary/aromatic N) is 2. The first-order valence-corrected chi connectivity index (χ1v) is 5.63. The molecule has 17 heavy (non-hydrogen) atoms. The molecule has 88 valence electrons. The predicted molar refractivity (Wildman–Crippen MR) is 60.0 cm³/mol. The minimum absolute atomic E-state index is 0.0610. The van der Waals surface area contributed by atoms with Gasteiger partial charge in [-0.15, -0.1) is 0 Å². The maximum absolute atomic E-state index is 11.4. The van der Waals surface area contributed by atoms with Crippen molar-refractivity contribution in [3.63, 3.8) is 0 Å². The summed E-state index contributed by atoms with van der Waals surface area (Å²) in [7, 11) is 0. The second-order valence-corrected chi connectivity index (χ2v) is 4.45. The van der Waals surface area contributed by atoms with Crippen LogP contribution in [-0.4, -0.2) is 21.0 Å². The van der Waals surface area contributed by atoms with E-state index in [1.807, 2.05) is 0 Å². The van der Waals surface area contributed by atoms with Gasteiger partial charge in [-0.2, -0.15) is 0 Å². The fraction of sp³-hybridized carbons (Fsp3) is 0.200. The van der Waals surface area contributed by atoms with Gasteiger partial charge in [-0.25, -0.2) is 4.31 Å². The summed E-state index contributed by atoms with van der Waals surface area (Å²) in [6, 6.07) is 5.84. The molecule has 6 nitrogen and oxygen atoms in total. The highest BCUT2D eigenvalue weighted by molar-refractivity contribution is 7.98. The van der Waals surface area contributed by atoms with Gasteiger partial charge in [0, 0.05) is 29.9 Å². The number of hydrogen-bond donors (Lipinski definition) is 0. The van der Waals surface area contributed by atoms with Crippen LogP contribution in [0.2, 0.25) is 0 Å². The number of non-ortho nitro benzene ring substituents is 1. The molecule has 1 aromatic carbocycles. The number of nitro groups is 1. The first kappa shape index (κ1) is 11.6. The third kappa shape index (κ3) is 2.44. The largest absolute Gasteiger partial charge is 0.273 e. The third-order valence-corrected chi connectivity index (χ3v) is 3.29. The summed E-state index contributed by atoms with van der Waals surface area (Å²) in [6.45, 7) is 0. The van der Waals surface area contributed by atoms with Gasteiger partial charge in [0.15, 0.2) is 0 Å². The number of carbonyl (C=O) groups excluding carboxylic acids is 2. The van der Waals surface area contributed by atoms with E-state index in [0.29, 0.717) is 4.90 Å². The van der Waals surface area contributed by atoms with Crippen LogP contribution >= 0.6 is 11.9 Å². The average molecular weight is 252 g/mol. The lowest BCUT2D eigenvalue weighted by Crippen LogP contribution is -2.20. The van der Waals surface area contributed by atoms with E-state index >= 15 is 0 Å². The lowest BCUT2D eigenvalue weighted by molar-refractivity contribution is -0.385. The van der Waals surface area contributed by atoms with Crippen molar-refractivity contribution in [2.24, 2.45) is 0 Å². The minimum atomic E-state index is -0.516. The summed E-state index contributed by atoms with van der Waals surface area (Å²) in [6.07, 6.45) is 0.418. The van der Waals surface area contributed by atoms with Crippen LogP contribution in [0.3, 0.4) is 0 Å². The van der Waals surface area contributed by atoms with Gasteiger partial charge in [0.05, 0.1) is 4.92 Å². The van der Waals surface area contributed by atoms with Crippen LogP contribution < -0.4 is 0 Å². The Bertz CT molecular complexity index is 487. The van der Waals surface area contributed by atoms with Gasteiger partial charge in [-0.05, 0) is 18.0 Å². The molecule has 1 fully saturated rings. The molecule has 0 bridgehead atoms. The average Bonchev–Trinajstić information content (AvgIpc) is 2.61. The number of nitro benzene ring substituents is 1. The van der Waals surface area contributed by atoms with Crippen molar-refractivity contribution in [2.45, 2.75) is 17.7 Å². The predicted octanol–water partition coefficient (Wildman–Crippen LogP) is 1.75. The van der Waals surface area contributed by atoms with Crippen molar-refractivity contribution in [1.29, 1.82) is 0 Å². The highest BCUT2D eigenvalue weighted by Gasteiger charge is 2.30. The molecule has 0 radical (unpaired) electrons. The van der Waals surface area contributed by atoms with Gasteiger partial charge in [0.1, 0.15) is 0 Å². The highest BCUT2D eigenvalue weighted by atomic mass is 32.2. The van der Waals surface area contributed by atoms with Crippen molar-refractivity contribution < 1.29 is 14.5 Å². The summed E-state index contributed by atoms with van der Waals surface area (Å²) < 4.78 is 1.05. The second kappa shape index (κ2) is 4.54. The molecule has 1 saturated heterocycles. The molecule has 0 aliphatic carbocycles. The third-order valence-electron chi connectivity index (χ3n) is 2.23. The van der Waals surface area contributed by atoms with E-state index < -0.39 is 4.92 Å². The van der Waals surface area contributed by atoms with Crippen molar-refractivity contribution in [1.82, 2.24) is 4.31 Å². The van der Waals surface area contributed by atoms with Crippen LogP contribution in [0.5, 0.6) is 0 Å². The lowest BCUT2D eigenvalue weighted by Gasteiger charge is -2.11. The first-order valence-electron chi connectivity index (χ1n) is 4.86. The number of amides is 2. The van der Waals surface area contributed by atoms with E-state index in [4.69, 9.17) is 0 Å². The maximum atomic E-state index is 11.4. The molecule has 0 N–H and O–H groups in total. The summed E-state index contributed by atoms with van der Waals surface area (Å²) in [5.41, 5.74) is -0.0610. The Morgan fingerprint density at radius 3 is 2.47 bits per heavy atom. The van der Waals surface area contributed by atoms with E-state index in [-0.39, 0.29) is 30.3 Å². The molecule has 0 aromatic heterocycles. The van der Waals surface area contributed by atoms with Crippen LogP contribution in [0.1, 0.15) is 12.8 Å². The minimum Gasteiger partial charge on any atom is -0.273 e. The Morgan fingerprint density at radius 1 is 1.24 bits per heavy atom. The molecular formula is C10H8N2O4S. The summed E-state index contributed by atoms with van der Waals surface area (Å²) in [5.74, 6) is -0.516. The Morgan fingerprint density at radius 2 is 1.88 bits per heavy atom. The number of hydrogen-bond acceptors (Lipinski definition) is 5. The smallest absolute Gasteiger partial charge is 0.270 e. The Hall–Kier alpha value is -1.89. The molecule has 0 saturated carbocycles. The van der Waals surface area contributed by atoms with Gasteiger partial charge >= 0.3 is 0 Å². The normalized spacial score (nSPS) is 15.4. The standard InChI is InChI=1S/C10H8N2O4S/c13-9-4-5-10(14)11(9)17-8-3-1-2-7(6-8)12(15)16/h1-3,6H,4-5H2. The Labute approximate surface area is 101 Å². The molecule has 0 spiro atoms. The maximum Gasteiger partial charge on any atom is 0.270 e. The van der Waals surface area contributed by atoms with Crippen molar-refractivity contribution in [2.75, 3.05) is 0 Å². The van der Waals surface area contributed by atoms with E-state index in [2.05, 4.69) is 0 Å². The monoisotopic (exact) mass is 252 g/mol. The fourth-order valence-corrected chi connectivity index (χ4v) is 2.33. The molecule has 1 aliphatic rings. The van der Waals surface area contributed by atoms with Crippen molar-refractivity contribution >= 4 is 29.4 Å². The molecule has 0 atom stereocenters. The Kier molecular flexibility index (Phi) is 3.10. The Balaban J connectivity index is 2.18. The van der Waals surface area contributed by atoms with Crippen LogP contribution in [0, 0.1) is 10.1 Å². The highest BCUT2D eigenvalue weighted by Crippen LogP contribution is 2.30. The number of benzene rings is 1. The molecule has 2 rings (SSSR count). The molecular weight excluding hydrogens is 244 g/mol. The first-order chi connectivity index (χ1) is 8.08. The SMILES string of the molecule is O=C1CCC(=O)N1Sc1cccc([N+](=O)[O-])c1. The quantitative estimate of drug-likeness (QED) is 0.354. The molecule has 0 unspecified atom stereocenters. The van der Waals surface area contributed by atoms with E-state index in [9.17, 15) is 19.7 Å². The van der Waals surface area contributed by atoms with Crippen LogP contribution in [-0.2, 0) is 9.59 Å². The van der Waals surface area contributed by atoms with Gasteiger partial charge < -0.3 is 0 Å². The van der Waals surface area contributed by atoms with Crippen molar-refractivity contribution in [3.8, 4) is 0 Å². The zero-order valence-corrected chi connectivity index (χ0v) is 9.48. The van der Waals surface area contributed by atoms with Gasteiger partial charge in [0.2, 0.25) is 11.8 Å². The summed E-state index contributed by atoms with van der Waals surface area (Å²) in [4.78, 5) is 33.3. The van der Waals surface area contributed by atoms with E-state index in [1.165, 1.54) is 18.2 Å². The van der Waals surface area contributed by atoms with Gasteiger partial charge in [-0.1, -0.05) is 6.07 Å². The van der Waals surface area contributed by atoms with Crippen LogP contribution in [0.25, 0.3) is 0 Å². The van der Waals surface area contributed by atoms with E-state index in [1.54, 1.807) is 6.07 Å². The van der Waals surface area contributed by atoms with Gasteiger partial charge in [-0.3, -0.25) is 19.7 Å². The molecule has 1 heterocycles. The topological polar surface area (TPSA) is 80.5 Å². The molecule has 2 amide bonds. The number of imide groups is 1. The van der Waals surface area contributed by atoms with E-state index in [0.717, 1.165) is 16.3 Å². The second-order valence-electron chi connectivity index (χ2n) is 3.43. The van der Waals surface area contributed by atoms with Crippen LogP contribution in [0.15, 0.2) is 29.2 Å². The summed E-state index contributed by atoms with van der Waals surface area (Å²) >= 11 is 0.929. The molecule has 7 heteroatoms. The number of rotatable bonds is 3. The zero-order valence-electron chi connectivity index (χ0n) is 8.66. The number of carbonyl (C=O) groups is 2. The van der Waals surface area contributed by atoms with Crippen molar-refractivity contribution in [3.05, 3.63) is 34.4 Å². The fourth-order valence-electron chi connectivity index (χ4n) is 1.42. The zero-order chi connectivity index (χ0) is 12.4. The summed E-state index contributed by atoms with van der Waals surface area (Å²) in [5, 5.41) is 10.6. The lowest BCUT2D eigenvalue weighted by atomic mass is 10.3. The molecule has 1 aromatic rings.